The second-order valence-electron chi connectivity index (χ2n) is 25.0. The summed E-state index contributed by atoms with van der Waals surface area (Å²) >= 11 is 0. The van der Waals surface area contributed by atoms with E-state index < -0.39 is 155 Å². The van der Waals surface area contributed by atoms with E-state index in [1.165, 1.54) is 128 Å². The SMILES string of the molecule is CCCCCCCCCCC/C=C\C/C=C\CCCCCCCCCCCC(=O)NC(COC1OC(CO)C(OC2OC(CO)C(O)C(OC3(C(=O)O)CC(O)C(NC(C)=O)C(C(O)C(O)CO)O3)C2O)C(O)C1O)C(O)/C=C/CCCCCCCCCCC. The van der Waals surface area contributed by atoms with Gasteiger partial charge < -0.3 is 100 Å². The Morgan fingerprint density at radius 2 is 1.08 bits per heavy atom. The number of amides is 2. The minimum Gasteiger partial charge on any atom is -0.477 e. The molecule has 3 fully saturated rings. The second-order valence-corrected chi connectivity index (χ2v) is 25.0. The summed E-state index contributed by atoms with van der Waals surface area (Å²) in [5.74, 6) is -6.15. The van der Waals surface area contributed by atoms with Gasteiger partial charge in [-0.15, -0.1) is 0 Å². The highest BCUT2D eigenvalue weighted by molar-refractivity contribution is 5.77. The first-order valence-electron chi connectivity index (χ1n) is 34.4. The third-order valence-electron chi connectivity index (χ3n) is 17.3. The maximum absolute atomic E-state index is 13.4. The Labute approximate surface area is 536 Å². The van der Waals surface area contributed by atoms with Gasteiger partial charge in [0.05, 0.1) is 50.7 Å². The highest BCUT2D eigenvalue weighted by atomic mass is 16.8. The molecule has 0 saturated carbocycles. The Morgan fingerprint density at radius 1 is 0.589 bits per heavy atom. The summed E-state index contributed by atoms with van der Waals surface area (Å²) in [5, 5.41) is 136. The third kappa shape index (κ3) is 30.1. The van der Waals surface area contributed by atoms with Gasteiger partial charge >= 0.3 is 5.97 Å². The highest BCUT2D eigenvalue weighted by Crippen LogP contribution is 2.39. The van der Waals surface area contributed by atoms with Gasteiger partial charge in [-0.1, -0.05) is 198 Å². The highest BCUT2D eigenvalue weighted by Gasteiger charge is 2.60. The number of unbranched alkanes of at least 4 members (excludes halogenated alkanes) is 27. The van der Waals surface area contributed by atoms with Crippen molar-refractivity contribution in [2.24, 2.45) is 0 Å². The number of carboxylic acid groups (broad SMARTS) is 1. The normalized spacial score (nSPS) is 28.8. The molecule has 0 aromatic rings. The first-order chi connectivity index (χ1) is 43.4. The van der Waals surface area contributed by atoms with Crippen molar-refractivity contribution in [2.45, 2.75) is 342 Å². The zero-order valence-electron chi connectivity index (χ0n) is 54.5. The van der Waals surface area contributed by atoms with Crippen LogP contribution in [-0.4, -0.2) is 215 Å². The van der Waals surface area contributed by atoms with Gasteiger partial charge in [-0.3, -0.25) is 9.59 Å². The predicted molar refractivity (Wildman–Crippen MR) is 338 cm³/mol. The lowest BCUT2D eigenvalue weighted by atomic mass is 9.88. The number of allylic oxidation sites excluding steroid dienone is 5. The van der Waals surface area contributed by atoms with Crippen LogP contribution in [-0.2, 0) is 42.8 Å². The molecule has 23 heteroatoms. The van der Waals surface area contributed by atoms with Crippen molar-refractivity contribution >= 4 is 17.8 Å². The maximum Gasteiger partial charge on any atom is 0.364 e. The number of aliphatic hydroxyl groups is 11. The summed E-state index contributed by atoms with van der Waals surface area (Å²) in [5.41, 5.74) is 0. The van der Waals surface area contributed by atoms with Gasteiger partial charge in [-0.25, -0.2) is 4.79 Å². The van der Waals surface area contributed by atoms with E-state index in [0.29, 0.717) is 12.8 Å². The van der Waals surface area contributed by atoms with Crippen LogP contribution in [0.25, 0.3) is 0 Å². The number of carbonyl (C=O) groups excluding carboxylic acids is 2. The van der Waals surface area contributed by atoms with E-state index in [1.807, 2.05) is 6.08 Å². The van der Waals surface area contributed by atoms with Crippen LogP contribution in [0.5, 0.6) is 0 Å². The molecule has 0 aromatic carbocycles. The molecule has 3 saturated heterocycles. The van der Waals surface area contributed by atoms with Gasteiger partial charge in [0.25, 0.3) is 5.79 Å². The van der Waals surface area contributed by atoms with E-state index in [0.717, 1.165) is 64.7 Å². The molecular weight excluding hydrogens is 1170 g/mol. The van der Waals surface area contributed by atoms with Crippen LogP contribution < -0.4 is 10.6 Å². The average molecular weight is 1290 g/mol. The van der Waals surface area contributed by atoms with Crippen LogP contribution in [0, 0.1) is 0 Å². The lowest BCUT2D eigenvalue weighted by Gasteiger charge is -2.50. The van der Waals surface area contributed by atoms with Crippen molar-refractivity contribution in [2.75, 3.05) is 26.4 Å². The molecule has 18 unspecified atom stereocenters. The Hall–Kier alpha value is -3.05. The molecule has 18 atom stereocenters. The van der Waals surface area contributed by atoms with E-state index in [-0.39, 0.29) is 12.3 Å². The first kappa shape index (κ1) is 81.2. The van der Waals surface area contributed by atoms with Gasteiger partial charge in [0.2, 0.25) is 11.8 Å². The fraction of sp³-hybridized carbons (Fsp3) is 0.866. The quantitative estimate of drug-likeness (QED) is 0.0251. The summed E-state index contributed by atoms with van der Waals surface area (Å²) < 4.78 is 34.7. The van der Waals surface area contributed by atoms with Crippen LogP contribution in [0.4, 0.5) is 0 Å². The molecule has 0 aliphatic carbocycles. The van der Waals surface area contributed by atoms with Crippen molar-refractivity contribution in [1.29, 1.82) is 0 Å². The molecule has 3 rings (SSSR count). The average Bonchev–Trinajstić information content (AvgIpc) is 0.857. The first-order valence-corrected chi connectivity index (χ1v) is 34.4. The Bertz CT molecular complexity index is 1970. The Morgan fingerprint density at radius 3 is 1.57 bits per heavy atom. The van der Waals surface area contributed by atoms with E-state index in [2.05, 4.69) is 48.8 Å². The Balaban J connectivity index is 1.56. The van der Waals surface area contributed by atoms with E-state index in [4.69, 9.17) is 28.4 Å². The standard InChI is InChI=1S/C67H120N2O21/c1-4-6-8-10-12-14-16-17-18-19-20-21-22-23-24-25-26-27-28-29-31-33-35-37-39-41-54(77)69-48(49(74)40-38-36-34-32-30-15-13-11-9-7-5-2)46-85-64-59(81)58(80)61(53(45-72)87-64)88-65-60(82)63(57(79)52(44-71)86-65)90-67(66(83)84)42-50(75)55(68-47(3)73)62(89-67)56(78)51(76)43-70/h20-21,23-24,38,40,48-53,55-65,70-72,74-76,78-82H,4-19,22,25-37,39,41-46H2,1-3H3,(H,68,73)(H,69,77)(H,83,84)/b21-20-,24-23-,40-38+. The summed E-state index contributed by atoms with van der Waals surface area (Å²) in [4.78, 5) is 38.5. The van der Waals surface area contributed by atoms with Crippen LogP contribution in [0.3, 0.4) is 0 Å². The second kappa shape index (κ2) is 47.8. The molecule has 0 bridgehead atoms. The van der Waals surface area contributed by atoms with Crippen LogP contribution in [0.15, 0.2) is 36.5 Å². The summed E-state index contributed by atoms with van der Waals surface area (Å²) in [6.07, 6.45) is 19.2. The lowest BCUT2D eigenvalue weighted by Crippen LogP contribution is -2.70. The number of hydrogen-bond donors (Lipinski definition) is 14. The summed E-state index contributed by atoms with van der Waals surface area (Å²) in [7, 11) is 0. The van der Waals surface area contributed by atoms with E-state index >= 15 is 0 Å². The molecule has 23 nitrogen and oxygen atoms in total. The van der Waals surface area contributed by atoms with Gasteiger partial charge in [-0.05, 0) is 51.4 Å². The zero-order valence-corrected chi connectivity index (χ0v) is 54.5. The molecule has 3 aliphatic rings. The van der Waals surface area contributed by atoms with Crippen molar-refractivity contribution in [1.82, 2.24) is 10.6 Å². The predicted octanol–water partition coefficient (Wildman–Crippen LogP) is 5.84. The number of nitrogens with one attached hydrogen (secondary N) is 2. The van der Waals surface area contributed by atoms with Gasteiger partial charge in [0, 0.05) is 19.8 Å². The number of aliphatic carboxylic acids is 1. The molecule has 3 heterocycles. The number of hydrogen-bond acceptors (Lipinski definition) is 20. The fourth-order valence-corrected chi connectivity index (χ4v) is 11.8. The summed E-state index contributed by atoms with van der Waals surface area (Å²) in [6, 6.07) is -2.62. The molecule has 3 aliphatic heterocycles. The number of carbonyl (C=O) groups is 3. The molecule has 0 aromatic heterocycles. The van der Waals surface area contributed by atoms with Crippen molar-refractivity contribution in [3.8, 4) is 0 Å². The van der Waals surface area contributed by atoms with Crippen molar-refractivity contribution in [3.63, 3.8) is 0 Å². The lowest BCUT2D eigenvalue weighted by molar-refractivity contribution is -0.386. The smallest absolute Gasteiger partial charge is 0.364 e. The Kier molecular flexibility index (Phi) is 43.1. The fourth-order valence-electron chi connectivity index (χ4n) is 11.8. The van der Waals surface area contributed by atoms with Crippen LogP contribution in [0.2, 0.25) is 0 Å². The number of ether oxygens (including phenoxy) is 6. The van der Waals surface area contributed by atoms with Gasteiger partial charge in [-0.2, -0.15) is 0 Å². The molecule has 14 N–H and O–H groups in total. The van der Waals surface area contributed by atoms with E-state index in [9.17, 15) is 75.7 Å². The molecule has 2 amide bonds. The van der Waals surface area contributed by atoms with E-state index in [1.54, 1.807) is 6.08 Å². The third-order valence-corrected chi connectivity index (χ3v) is 17.3. The molecule has 0 radical (unpaired) electrons. The minimum absolute atomic E-state index is 0.194. The van der Waals surface area contributed by atoms with Gasteiger partial charge in [0.1, 0.15) is 67.1 Å². The number of carboxylic acids is 1. The van der Waals surface area contributed by atoms with Crippen LogP contribution in [0.1, 0.15) is 233 Å². The molecule has 0 spiro atoms. The number of aliphatic hydroxyl groups excluding tert-OH is 11. The van der Waals surface area contributed by atoms with Gasteiger partial charge in [0.15, 0.2) is 12.6 Å². The van der Waals surface area contributed by atoms with Crippen molar-refractivity contribution < 1.29 is 104 Å². The van der Waals surface area contributed by atoms with Crippen LogP contribution >= 0.6 is 0 Å². The van der Waals surface area contributed by atoms with Crippen molar-refractivity contribution in [3.05, 3.63) is 36.5 Å². The monoisotopic (exact) mass is 1290 g/mol. The largest absolute Gasteiger partial charge is 0.477 e. The number of rotatable bonds is 51. The molecule has 90 heavy (non-hydrogen) atoms. The molecular formula is C67H120N2O21. The minimum atomic E-state index is -3.08. The molecule has 524 valence electrons. The zero-order chi connectivity index (χ0) is 66.1. The maximum atomic E-state index is 13.4. The topological polar surface area (TPSA) is 373 Å². The summed E-state index contributed by atoms with van der Waals surface area (Å²) in [6.45, 7) is 2.10.